The molecule has 0 bridgehead atoms. The van der Waals surface area contributed by atoms with Gasteiger partial charge in [-0.05, 0) is 31.2 Å². The third kappa shape index (κ3) is 10.3. The monoisotopic (exact) mass is 270 g/mol. The standard InChI is InChI=1S/C12H20N2O2.C2H6O/c1-9(2)14-7-11(15)8-16-12-5-3-10(13)4-6-12;1-2-3/h3-6,9,11,14-15H,7-8,13H2,1-2H3;3H,2H2,1H3. The van der Waals surface area contributed by atoms with Gasteiger partial charge in [0.15, 0.2) is 0 Å². The zero-order valence-electron chi connectivity index (χ0n) is 12.0. The molecule has 0 aromatic heterocycles. The minimum absolute atomic E-state index is 0.250. The number of rotatable bonds is 6. The van der Waals surface area contributed by atoms with E-state index in [4.69, 9.17) is 15.6 Å². The highest BCUT2D eigenvalue weighted by molar-refractivity contribution is 5.41. The van der Waals surface area contributed by atoms with Gasteiger partial charge < -0.3 is 26.0 Å². The molecule has 19 heavy (non-hydrogen) atoms. The van der Waals surface area contributed by atoms with Crippen LogP contribution in [0.25, 0.3) is 0 Å². The van der Waals surface area contributed by atoms with Crippen molar-refractivity contribution in [1.29, 1.82) is 0 Å². The number of ether oxygens (including phenoxy) is 1. The predicted molar refractivity (Wildman–Crippen MR) is 78.3 cm³/mol. The van der Waals surface area contributed by atoms with E-state index in [9.17, 15) is 5.11 Å². The third-order valence-corrected chi connectivity index (χ3v) is 2.08. The molecule has 0 heterocycles. The summed E-state index contributed by atoms with van der Waals surface area (Å²) < 4.78 is 5.41. The molecule has 1 atom stereocenters. The van der Waals surface area contributed by atoms with Gasteiger partial charge in [0.05, 0.1) is 0 Å². The van der Waals surface area contributed by atoms with Gasteiger partial charge in [-0.15, -0.1) is 0 Å². The van der Waals surface area contributed by atoms with E-state index in [1.165, 1.54) is 0 Å². The first kappa shape index (κ1) is 17.7. The number of aliphatic hydroxyl groups is 2. The van der Waals surface area contributed by atoms with Gasteiger partial charge in [0, 0.05) is 24.9 Å². The van der Waals surface area contributed by atoms with E-state index < -0.39 is 6.10 Å². The van der Waals surface area contributed by atoms with E-state index in [2.05, 4.69) is 5.32 Å². The van der Waals surface area contributed by atoms with Crippen LogP contribution >= 0.6 is 0 Å². The van der Waals surface area contributed by atoms with Gasteiger partial charge in [-0.1, -0.05) is 13.8 Å². The summed E-state index contributed by atoms with van der Waals surface area (Å²) >= 11 is 0. The van der Waals surface area contributed by atoms with Crippen molar-refractivity contribution in [2.45, 2.75) is 32.9 Å². The molecule has 5 nitrogen and oxygen atoms in total. The van der Waals surface area contributed by atoms with E-state index in [1.807, 2.05) is 13.8 Å². The SMILES string of the molecule is CC(C)NCC(O)COc1ccc(N)cc1.CCO. The lowest BCUT2D eigenvalue weighted by Gasteiger charge is -2.15. The van der Waals surface area contributed by atoms with Crippen LogP contribution in [-0.2, 0) is 0 Å². The van der Waals surface area contributed by atoms with Crippen molar-refractivity contribution in [1.82, 2.24) is 5.32 Å². The van der Waals surface area contributed by atoms with Gasteiger partial charge in [0.25, 0.3) is 0 Å². The average molecular weight is 270 g/mol. The summed E-state index contributed by atoms with van der Waals surface area (Å²) in [7, 11) is 0. The van der Waals surface area contributed by atoms with E-state index in [0.29, 0.717) is 18.3 Å². The van der Waals surface area contributed by atoms with E-state index in [0.717, 1.165) is 5.75 Å². The van der Waals surface area contributed by atoms with Gasteiger partial charge in [-0.25, -0.2) is 0 Å². The first-order valence-corrected chi connectivity index (χ1v) is 6.50. The zero-order chi connectivity index (χ0) is 14.7. The summed E-state index contributed by atoms with van der Waals surface area (Å²) in [5.41, 5.74) is 6.25. The van der Waals surface area contributed by atoms with Crippen molar-refractivity contribution in [2.75, 3.05) is 25.5 Å². The van der Waals surface area contributed by atoms with Crippen molar-refractivity contribution in [2.24, 2.45) is 0 Å². The number of nitrogens with one attached hydrogen (secondary N) is 1. The van der Waals surface area contributed by atoms with Crippen LogP contribution in [0.1, 0.15) is 20.8 Å². The molecule has 0 fully saturated rings. The van der Waals surface area contributed by atoms with E-state index in [-0.39, 0.29) is 13.2 Å². The highest BCUT2D eigenvalue weighted by atomic mass is 16.5. The summed E-state index contributed by atoms with van der Waals surface area (Å²) in [5, 5.41) is 20.3. The van der Waals surface area contributed by atoms with Gasteiger partial charge in [-0.2, -0.15) is 0 Å². The maximum absolute atomic E-state index is 9.60. The second kappa shape index (κ2) is 10.6. The van der Waals surface area contributed by atoms with Crippen molar-refractivity contribution >= 4 is 5.69 Å². The number of benzene rings is 1. The van der Waals surface area contributed by atoms with Gasteiger partial charge >= 0.3 is 0 Å². The van der Waals surface area contributed by atoms with Crippen molar-refractivity contribution in [3.63, 3.8) is 0 Å². The number of hydrogen-bond acceptors (Lipinski definition) is 5. The highest BCUT2D eigenvalue weighted by Gasteiger charge is 2.05. The third-order valence-electron chi connectivity index (χ3n) is 2.08. The molecule has 0 aliphatic rings. The fraction of sp³-hybridized carbons (Fsp3) is 0.571. The minimum Gasteiger partial charge on any atom is -0.491 e. The summed E-state index contributed by atoms with van der Waals surface area (Å²) in [6.07, 6.45) is -0.500. The second-order valence-corrected chi connectivity index (χ2v) is 4.41. The number of anilines is 1. The number of aliphatic hydroxyl groups excluding tert-OH is 2. The van der Waals surface area contributed by atoms with Gasteiger partial charge in [0.1, 0.15) is 18.5 Å². The Morgan fingerprint density at radius 1 is 1.26 bits per heavy atom. The Labute approximate surface area is 115 Å². The smallest absolute Gasteiger partial charge is 0.119 e. The molecule has 110 valence electrons. The molecule has 0 aliphatic carbocycles. The first-order chi connectivity index (χ1) is 8.99. The second-order valence-electron chi connectivity index (χ2n) is 4.41. The fourth-order valence-electron chi connectivity index (χ4n) is 1.19. The highest BCUT2D eigenvalue weighted by Crippen LogP contribution is 2.13. The van der Waals surface area contributed by atoms with E-state index in [1.54, 1.807) is 31.2 Å². The predicted octanol–water partition coefficient (Wildman–Crippen LogP) is 1.01. The maximum Gasteiger partial charge on any atom is 0.119 e. The van der Waals surface area contributed by atoms with Crippen LogP contribution in [0.2, 0.25) is 0 Å². The van der Waals surface area contributed by atoms with Crippen LogP contribution in [-0.4, -0.2) is 42.1 Å². The zero-order valence-corrected chi connectivity index (χ0v) is 12.0. The molecule has 0 radical (unpaired) electrons. The molecule has 1 aromatic carbocycles. The van der Waals surface area contributed by atoms with Crippen LogP contribution < -0.4 is 15.8 Å². The molecule has 5 N–H and O–H groups in total. The number of nitrogen functional groups attached to an aromatic ring is 1. The van der Waals surface area contributed by atoms with Crippen LogP contribution in [0.3, 0.4) is 0 Å². The molecule has 0 spiro atoms. The first-order valence-electron chi connectivity index (χ1n) is 6.50. The van der Waals surface area contributed by atoms with E-state index >= 15 is 0 Å². The van der Waals surface area contributed by atoms with Crippen LogP contribution in [0.4, 0.5) is 5.69 Å². The molecule has 0 saturated heterocycles. The summed E-state index contributed by atoms with van der Waals surface area (Å²) in [6, 6.07) is 7.49. The lowest BCUT2D eigenvalue weighted by molar-refractivity contribution is 0.104. The van der Waals surface area contributed by atoms with Crippen LogP contribution in [0.15, 0.2) is 24.3 Å². The Bertz CT molecular complexity index is 315. The summed E-state index contributed by atoms with van der Waals surface area (Å²) in [4.78, 5) is 0. The van der Waals surface area contributed by atoms with Crippen molar-refractivity contribution in [3.8, 4) is 5.75 Å². The Morgan fingerprint density at radius 2 is 1.79 bits per heavy atom. The molecule has 1 rings (SSSR count). The molecule has 1 aromatic rings. The van der Waals surface area contributed by atoms with Crippen molar-refractivity contribution in [3.05, 3.63) is 24.3 Å². The topological polar surface area (TPSA) is 87.7 Å². The Balaban J connectivity index is 0.000000982. The Morgan fingerprint density at radius 3 is 2.26 bits per heavy atom. The van der Waals surface area contributed by atoms with Crippen molar-refractivity contribution < 1.29 is 14.9 Å². The molecule has 0 aliphatic heterocycles. The Hall–Kier alpha value is -1.30. The molecular weight excluding hydrogens is 244 g/mol. The lowest BCUT2D eigenvalue weighted by Crippen LogP contribution is -2.35. The molecule has 0 amide bonds. The van der Waals surface area contributed by atoms with Crippen LogP contribution in [0, 0.1) is 0 Å². The molecule has 1 unspecified atom stereocenters. The van der Waals surface area contributed by atoms with Crippen LogP contribution in [0.5, 0.6) is 5.75 Å². The normalized spacial score (nSPS) is 11.7. The van der Waals surface area contributed by atoms with Gasteiger partial charge in [0.2, 0.25) is 0 Å². The number of hydrogen-bond donors (Lipinski definition) is 4. The largest absolute Gasteiger partial charge is 0.491 e. The minimum atomic E-state index is -0.500. The fourth-order valence-corrected chi connectivity index (χ4v) is 1.19. The Kier molecular flexibility index (Phi) is 9.88. The average Bonchev–Trinajstić information content (AvgIpc) is 2.36. The quantitative estimate of drug-likeness (QED) is 0.579. The molecule has 0 saturated carbocycles. The number of nitrogens with two attached hydrogens (primary N) is 1. The summed E-state index contributed by atoms with van der Waals surface area (Å²) in [5.74, 6) is 0.720. The van der Waals surface area contributed by atoms with Gasteiger partial charge in [-0.3, -0.25) is 0 Å². The molecular formula is C14H26N2O3. The lowest BCUT2D eigenvalue weighted by atomic mass is 10.3. The maximum atomic E-state index is 9.60. The molecule has 5 heteroatoms. The summed E-state index contributed by atoms with van der Waals surface area (Å²) in [6.45, 7) is 6.82.